The standard InChI is InChI=1S/C14H14N6O5S2/c1-8(21)16-13-18-19-14(26-13)27(22,23)15-7-11-17-12(20-25-11)9-3-5-10(24-2)6-4-9/h3-6,15H,7H2,1-2H3,(H,16,18,21). The Morgan fingerprint density at radius 3 is 2.67 bits per heavy atom. The molecule has 142 valence electrons. The Bertz CT molecular complexity index is 1040. The molecule has 0 fully saturated rings. The molecule has 0 saturated carbocycles. The van der Waals surface area contributed by atoms with Crippen LogP contribution in [0, 0.1) is 0 Å². The number of nitrogens with zero attached hydrogens (tertiary/aromatic N) is 4. The zero-order chi connectivity index (χ0) is 19.4. The number of ether oxygens (including phenoxy) is 1. The molecule has 2 heterocycles. The summed E-state index contributed by atoms with van der Waals surface area (Å²) in [4.78, 5) is 15.1. The molecule has 0 aliphatic rings. The summed E-state index contributed by atoms with van der Waals surface area (Å²) in [7, 11) is -2.38. The van der Waals surface area contributed by atoms with Crippen molar-refractivity contribution in [2.75, 3.05) is 12.4 Å². The lowest BCUT2D eigenvalue weighted by Crippen LogP contribution is -2.23. The highest BCUT2D eigenvalue weighted by atomic mass is 32.2. The third-order valence-corrected chi connectivity index (χ3v) is 5.76. The molecule has 2 N–H and O–H groups in total. The van der Waals surface area contributed by atoms with Crippen LogP contribution in [0.2, 0.25) is 0 Å². The van der Waals surface area contributed by atoms with E-state index in [2.05, 4.69) is 30.4 Å². The number of benzene rings is 1. The molecular weight excluding hydrogens is 396 g/mol. The Morgan fingerprint density at radius 1 is 1.26 bits per heavy atom. The highest BCUT2D eigenvalue weighted by Gasteiger charge is 2.21. The molecule has 2 aromatic heterocycles. The Hall–Kier alpha value is -2.90. The number of hydrogen-bond acceptors (Lipinski definition) is 10. The maximum Gasteiger partial charge on any atom is 0.270 e. The number of aromatic nitrogens is 4. The van der Waals surface area contributed by atoms with Gasteiger partial charge in [0.05, 0.1) is 13.7 Å². The number of sulfonamides is 1. The van der Waals surface area contributed by atoms with Gasteiger partial charge >= 0.3 is 0 Å². The minimum atomic E-state index is -3.94. The first-order valence-corrected chi connectivity index (χ1v) is 9.75. The zero-order valence-electron chi connectivity index (χ0n) is 14.2. The van der Waals surface area contributed by atoms with Gasteiger partial charge in [0.1, 0.15) is 5.75 Å². The molecule has 3 aromatic rings. The summed E-state index contributed by atoms with van der Waals surface area (Å²) >= 11 is 0.726. The predicted octanol–water partition coefficient (Wildman–Crippen LogP) is 1.03. The average Bonchev–Trinajstić information content (AvgIpc) is 3.29. The van der Waals surface area contributed by atoms with Crippen molar-refractivity contribution in [3.8, 4) is 17.1 Å². The summed E-state index contributed by atoms with van der Waals surface area (Å²) in [5, 5.41) is 13.4. The van der Waals surface area contributed by atoms with E-state index in [1.807, 2.05) is 0 Å². The van der Waals surface area contributed by atoms with E-state index >= 15 is 0 Å². The van der Waals surface area contributed by atoms with Crippen molar-refractivity contribution >= 4 is 32.4 Å². The van der Waals surface area contributed by atoms with Gasteiger partial charge < -0.3 is 14.6 Å². The van der Waals surface area contributed by atoms with Crippen LogP contribution in [0.1, 0.15) is 12.8 Å². The first-order valence-electron chi connectivity index (χ1n) is 7.45. The fourth-order valence-electron chi connectivity index (χ4n) is 1.92. The average molecular weight is 410 g/mol. The maximum atomic E-state index is 12.2. The Kier molecular flexibility index (Phi) is 5.43. The summed E-state index contributed by atoms with van der Waals surface area (Å²) in [6.45, 7) is 1.06. The molecule has 11 nitrogen and oxygen atoms in total. The van der Waals surface area contributed by atoms with Crippen molar-refractivity contribution in [3.05, 3.63) is 30.2 Å². The quantitative estimate of drug-likeness (QED) is 0.545. The monoisotopic (exact) mass is 410 g/mol. The summed E-state index contributed by atoms with van der Waals surface area (Å²) < 4.78 is 36.6. The van der Waals surface area contributed by atoms with E-state index in [-0.39, 0.29) is 27.8 Å². The largest absolute Gasteiger partial charge is 0.497 e. The van der Waals surface area contributed by atoms with Crippen LogP contribution in [0.5, 0.6) is 5.75 Å². The van der Waals surface area contributed by atoms with Crippen LogP contribution in [-0.2, 0) is 21.4 Å². The van der Waals surface area contributed by atoms with Crippen LogP contribution in [0.25, 0.3) is 11.4 Å². The zero-order valence-corrected chi connectivity index (χ0v) is 15.8. The number of carbonyl (C=O) groups is 1. The summed E-state index contributed by atoms with van der Waals surface area (Å²) in [5.41, 5.74) is 0.692. The number of rotatable bonds is 7. The molecule has 0 aliphatic carbocycles. The molecule has 13 heteroatoms. The molecule has 0 bridgehead atoms. The highest BCUT2D eigenvalue weighted by Crippen LogP contribution is 2.21. The molecule has 1 amide bonds. The van der Waals surface area contributed by atoms with Gasteiger partial charge in [0, 0.05) is 12.5 Å². The van der Waals surface area contributed by atoms with Crippen molar-refractivity contribution in [1.82, 2.24) is 25.1 Å². The first kappa shape index (κ1) is 18.9. The SMILES string of the molecule is COc1ccc(-c2noc(CNS(=O)(=O)c3nnc(NC(C)=O)s3)n2)cc1. The Labute approximate surface area is 157 Å². The van der Waals surface area contributed by atoms with Crippen LogP contribution in [0.4, 0.5) is 5.13 Å². The van der Waals surface area contributed by atoms with Crippen LogP contribution in [0.15, 0.2) is 33.1 Å². The van der Waals surface area contributed by atoms with E-state index < -0.39 is 10.0 Å². The number of amides is 1. The van der Waals surface area contributed by atoms with Gasteiger partial charge in [-0.2, -0.15) is 9.71 Å². The topological polar surface area (TPSA) is 149 Å². The molecule has 0 unspecified atom stereocenters. The molecular formula is C14H14N6O5S2. The molecule has 0 radical (unpaired) electrons. The second-order valence-corrected chi connectivity index (χ2v) is 8.04. The van der Waals surface area contributed by atoms with Crippen molar-refractivity contribution in [3.63, 3.8) is 0 Å². The Balaban J connectivity index is 1.66. The van der Waals surface area contributed by atoms with Gasteiger partial charge in [0.2, 0.25) is 27.1 Å². The fraction of sp³-hybridized carbons (Fsp3) is 0.214. The van der Waals surface area contributed by atoms with Crippen LogP contribution in [-0.4, -0.2) is 41.8 Å². The fourth-order valence-corrected chi connectivity index (χ4v) is 3.88. The second-order valence-electron chi connectivity index (χ2n) is 5.12. The van der Waals surface area contributed by atoms with E-state index in [9.17, 15) is 13.2 Å². The summed E-state index contributed by atoms with van der Waals surface area (Å²) in [6.07, 6.45) is 0. The van der Waals surface area contributed by atoms with Crippen LogP contribution < -0.4 is 14.8 Å². The van der Waals surface area contributed by atoms with Crippen LogP contribution in [0.3, 0.4) is 0 Å². The predicted molar refractivity (Wildman–Crippen MR) is 94.5 cm³/mol. The molecule has 0 atom stereocenters. The van der Waals surface area contributed by atoms with E-state index in [0.717, 1.165) is 11.3 Å². The number of nitrogens with one attached hydrogen (secondary N) is 2. The third kappa shape index (κ3) is 4.64. The first-order chi connectivity index (χ1) is 12.9. The van der Waals surface area contributed by atoms with E-state index in [0.29, 0.717) is 17.1 Å². The molecule has 0 aliphatic heterocycles. The Morgan fingerprint density at radius 2 is 2.00 bits per heavy atom. The van der Waals surface area contributed by atoms with Crippen molar-refractivity contribution < 1.29 is 22.5 Å². The van der Waals surface area contributed by atoms with Gasteiger partial charge in [-0.05, 0) is 24.3 Å². The second kappa shape index (κ2) is 7.77. The van der Waals surface area contributed by atoms with Gasteiger partial charge in [0.15, 0.2) is 0 Å². The van der Waals surface area contributed by atoms with E-state index in [1.54, 1.807) is 31.4 Å². The van der Waals surface area contributed by atoms with Crippen LogP contribution >= 0.6 is 11.3 Å². The highest BCUT2D eigenvalue weighted by molar-refractivity contribution is 7.91. The number of carbonyl (C=O) groups excluding carboxylic acids is 1. The van der Waals surface area contributed by atoms with Gasteiger partial charge in [-0.1, -0.05) is 16.5 Å². The van der Waals surface area contributed by atoms with Gasteiger partial charge in [-0.15, -0.1) is 10.2 Å². The molecule has 1 aromatic carbocycles. The van der Waals surface area contributed by atoms with E-state index in [4.69, 9.17) is 9.26 Å². The molecule has 0 spiro atoms. The molecule has 0 saturated heterocycles. The van der Waals surface area contributed by atoms with E-state index in [1.165, 1.54) is 6.92 Å². The molecule has 3 rings (SSSR count). The maximum absolute atomic E-state index is 12.2. The lowest BCUT2D eigenvalue weighted by molar-refractivity contribution is -0.114. The number of hydrogen-bond donors (Lipinski definition) is 2. The smallest absolute Gasteiger partial charge is 0.270 e. The minimum Gasteiger partial charge on any atom is -0.497 e. The lowest BCUT2D eigenvalue weighted by Gasteiger charge is -1.99. The number of methoxy groups -OCH3 is 1. The normalized spacial score (nSPS) is 11.3. The third-order valence-electron chi connectivity index (χ3n) is 3.15. The minimum absolute atomic E-state index is 0.0796. The van der Waals surface area contributed by atoms with Crippen molar-refractivity contribution in [2.24, 2.45) is 0 Å². The van der Waals surface area contributed by atoms with Gasteiger partial charge in [-0.25, -0.2) is 8.42 Å². The van der Waals surface area contributed by atoms with Crippen molar-refractivity contribution in [1.29, 1.82) is 0 Å². The number of anilines is 1. The summed E-state index contributed by atoms with van der Waals surface area (Å²) in [5.74, 6) is 0.706. The van der Waals surface area contributed by atoms with Gasteiger partial charge in [0.25, 0.3) is 10.0 Å². The van der Waals surface area contributed by atoms with Gasteiger partial charge in [-0.3, -0.25) is 4.79 Å². The summed E-state index contributed by atoms with van der Waals surface area (Å²) in [6, 6.07) is 7.00. The molecule has 27 heavy (non-hydrogen) atoms. The van der Waals surface area contributed by atoms with Crippen molar-refractivity contribution in [2.45, 2.75) is 17.8 Å². The lowest BCUT2D eigenvalue weighted by atomic mass is 10.2.